The summed E-state index contributed by atoms with van der Waals surface area (Å²) < 4.78 is 5.53. The Morgan fingerprint density at radius 2 is 2.09 bits per heavy atom. The van der Waals surface area contributed by atoms with E-state index in [1.165, 1.54) is 0 Å². The topological polar surface area (TPSA) is 50.4 Å². The maximum absolute atomic E-state index is 12.6. The summed E-state index contributed by atoms with van der Waals surface area (Å²) in [4.78, 5) is 12.6. The van der Waals surface area contributed by atoms with Crippen LogP contribution in [-0.2, 0) is 6.54 Å². The Kier molecular flexibility index (Phi) is 4.84. The highest BCUT2D eigenvalue weighted by molar-refractivity contribution is 6.30. The van der Waals surface area contributed by atoms with Gasteiger partial charge in [-0.2, -0.15) is 0 Å². The smallest absolute Gasteiger partial charge is 0.179 e. The fraction of sp³-hybridized carbons (Fsp3) is 0.278. The number of halogens is 1. The molecule has 0 bridgehead atoms. The summed E-state index contributed by atoms with van der Waals surface area (Å²) >= 11 is 5.87. The first-order valence-corrected chi connectivity index (χ1v) is 8.04. The van der Waals surface area contributed by atoms with Crippen LogP contribution in [0.2, 0.25) is 5.02 Å². The number of ether oxygens (including phenoxy) is 1. The Morgan fingerprint density at radius 1 is 1.30 bits per heavy atom. The monoisotopic (exact) mass is 330 g/mol. The molecular weight excluding hydrogens is 312 g/mol. The predicted octanol–water partition coefficient (Wildman–Crippen LogP) is 3.51. The molecule has 1 aliphatic rings. The lowest BCUT2D eigenvalue weighted by Crippen LogP contribution is -2.33. The first kappa shape index (κ1) is 15.8. The van der Waals surface area contributed by atoms with Gasteiger partial charge in [0.2, 0.25) is 0 Å². The van der Waals surface area contributed by atoms with Crippen molar-refractivity contribution < 1.29 is 9.53 Å². The van der Waals surface area contributed by atoms with E-state index in [-0.39, 0.29) is 11.8 Å². The maximum atomic E-state index is 12.6. The van der Waals surface area contributed by atoms with Crippen molar-refractivity contribution in [1.29, 1.82) is 0 Å². The maximum Gasteiger partial charge on any atom is 0.179 e. The molecule has 4 nitrogen and oxygen atoms in total. The second-order valence-corrected chi connectivity index (χ2v) is 6.02. The van der Waals surface area contributed by atoms with Crippen molar-refractivity contribution in [3.8, 4) is 5.75 Å². The largest absolute Gasteiger partial charge is 0.490 e. The molecule has 1 atom stereocenters. The van der Waals surface area contributed by atoms with Crippen LogP contribution in [0.5, 0.6) is 5.75 Å². The highest BCUT2D eigenvalue weighted by atomic mass is 35.5. The van der Waals surface area contributed by atoms with E-state index in [0.29, 0.717) is 23.7 Å². The van der Waals surface area contributed by atoms with Crippen LogP contribution in [0, 0.1) is 0 Å². The number of rotatable bonds is 5. The van der Waals surface area contributed by atoms with Gasteiger partial charge in [0.15, 0.2) is 5.78 Å². The minimum absolute atomic E-state index is 0.0640. The van der Waals surface area contributed by atoms with Gasteiger partial charge in [-0.15, -0.1) is 0 Å². The molecule has 2 N–H and O–H groups in total. The van der Waals surface area contributed by atoms with Gasteiger partial charge in [0, 0.05) is 23.7 Å². The van der Waals surface area contributed by atoms with Gasteiger partial charge in [-0.25, -0.2) is 0 Å². The molecule has 2 aromatic rings. The molecule has 0 spiro atoms. The zero-order valence-corrected chi connectivity index (χ0v) is 13.7. The lowest BCUT2D eigenvalue weighted by molar-refractivity contribution is 0.0950. The van der Waals surface area contributed by atoms with Crippen LogP contribution < -0.4 is 15.4 Å². The third-order valence-corrected chi connectivity index (χ3v) is 4.11. The third-order valence-electron chi connectivity index (χ3n) is 3.86. The molecule has 0 fully saturated rings. The summed E-state index contributed by atoms with van der Waals surface area (Å²) in [6.07, 6.45) is 0. The molecule has 0 aliphatic carbocycles. The molecule has 5 heteroatoms. The lowest BCUT2D eigenvalue weighted by Gasteiger charge is -2.20. The van der Waals surface area contributed by atoms with Gasteiger partial charge in [0.25, 0.3) is 0 Å². The number of hydrogen-bond donors (Lipinski definition) is 2. The Hall–Kier alpha value is -2.04. The van der Waals surface area contributed by atoms with Crippen LogP contribution in [0.1, 0.15) is 22.8 Å². The van der Waals surface area contributed by atoms with Gasteiger partial charge in [0.1, 0.15) is 12.4 Å². The van der Waals surface area contributed by atoms with Crippen molar-refractivity contribution >= 4 is 23.1 Å². The van der Waals surface area contributed by atoms with E-state index in [0.717, 1.165) is 23.5 Å². The van der Waals surface area contributed by atoms with Crippen LogP contribution in [0.3, 0.4) is 0 Å². The molecule has 0 radical (unpaired) electrons. The Labute approximate surface area is 140 Å². The van der Waals surface area contributed by atoms with Crippen LogP contribution in [-0.4, -0.2) is 25.0 Å². The summed E-state index contributed by atoms with van der Waals surface area (Å²) in [6.45, 7) is 3.91. The molecule has 0 aromatic heterocycles. The molecule has 23 heavy (non-hydrogen) atoms. The van der Waals surface area contributed by atoms with Crippen molar-refractivity contribution in [2.24, 2.45) is 0 Å². The number of ketones is 1. The molecule has 3 rings (SSSR count). The van der Waals surface area contributed by atoms with E-state index in [1.807, 2.05) is 49.4 Å². The normalized spacial score (nSPS) is 14.3. The fourth-order valence-electron chi connectivity index (χ4n) is 2.51. The quantitative estimate of drug-likeness (QED) is 0.824. The molecule has 120 valence electrons. The van der Waals surface area contributed by atoms with Crippen LogP contribution in [0.15, 0.2) is 42.5 Å². The van der Waals surface area contributed by atoms with Gasteiger partial charge in [0.05, 0.1) is 11.7 Å². The number of fused-ring (bicyclic) bond motifs is 1. The highest BCUT2D eigenvalue weighted by Gasteiger charge is 2.18. The molecule has 2 aromatic carbocycles. The van der Waals surface area contributed by atoms with Crippen molar-refractivity contribution in [1.82, 2.24) is 5.32 Å². The highest BCUT2D eigenvalue weighted by Crippen LogP contribution is 2.28. The van der Waals surface area contributed by atoms with E-state index >= 15 is 0 Å². The summed E-state index contributed by atoms with van der Waals surface area (Å²) in [5, 5.41) is 7.21. The first-order valence-electron chi connectivity index (χ1n) is 7.66. The van der Waals surface area contributed by atoms with E-state index < -0.39 is 0 Å². The summed E-state index contributed by atoms with van der Waals surface area (Å²) in [5.74, 6) is 0.865. The number of hydrogen-bond acceptors (Lipinski definition) is 4. The molecule has 1 aliphatic heterocycles. The Balaban J connectivity index is 1.64. The number of nitrogens with one attached hydrogen (secondary N) is 2. The fourth-order valence-corrected chi connectivity index (χ4v) is 2.64. The Bertz CT molecular complexity index is 701. The number of Topliss-reactive ketones (excluding diaryl/α,β-unsaturated/α-hetero) is 1. The zero-order chi connectivity index (χ0) is 16.2. The molecular formula is C18H19ClN2O2. The number of benzene rings is 2. The van der Waals surface area contributed by atoms with Crippen LogP contribution in [0.25, 0.3) is 0 Å². The molecule has 0 saturated carbocycles. The van der Waals surface area contributed by atoms with Crippen molar-refractivity contribution in [3.05, 3.63) is 58.6 Å². The predicted molar refractivity (Wildman–Crippen MR) is 92.5 cm³/mol. The summed E-state index contributed by atoms with van der Waals surface area (Å²) in [7, 11) is 0. The second kappa shape index (κ2) is 7.02. The van der Waals surface area contributed by atoms with E-state index in [9.17, 15) is 4.79 Å². The molecule has 0 saturated heterocycles. The van der Waals surface area contributed by atoms with Gasteiger partial charge < -0.3 is 15.4 Å². The number of carbonyl (C=O) groups is 1. The van der Waals surface area contributed by atoms with Gasteiger partial charge in [-0.3, -0.25) is 4.79 Å². The SMILES string of the molecule is CC(NCc1ccc(Cl)cc1)C(=O)c1ccc2c(c1)NCCO2. The third kappa shape index (κ3) is 3.84. The van der Waals surface area contributed by atoms with Gasteiger partial charge >= 0.3 is 0 Å². The standard InChI is InChI=1S/C18H19ClN2O2/c1-12(21-11-13-2-5-15(19)6-3-13)18(22)14-4-7-17-16(10-14)20-8-9-23-17/h2-7,10,12,20-21H,8-9,11H2,1H3. The minimum Gasteiger partial charge on any atom is -0.490 e. The van der Waals surface area contributed by atoms with Crippen LogP contribution in [0.4, 0.5) is 5.69 Å². The molecule has 0 amide bonds. The van der Waals surface area contributed by atoms with E-state index in [1.54, 1.807) is 0 Å². The lowest BCUT2D eigenvalue weighted by atomic mass is 10.0. The summed E-state index contributed by atoms with van der Waals surface area (Å²) in [6, 6.07) is 12.8. The molecule has 1 unspecified atom stereocenters. The summed E-state index contributed by atoms with van der Waals surface area (Å²) in [5.41, 5.74) is 2.65. The van der Waals surface area contributed by atoms with Crippen molar-refractivity contribution in [2.75, 3.05) is 18.5 Å². The Morgan fingerprint density at radius 3 is 2.87 bits per heavy atom. The zero-order valence-electron chi connectivity index (χ0n) is 12.9. The van der Waals surface area contributed by atoms with Crippen molar-refractivity contribution in [2.45, 2.75) is 19.5 Å². The molecule has 1 heterocycles. The average molecular weight is 331 g/mol. The first-order chi connectivity index (χ1) is 11.1. The number of anilines is 1. The van der Waals surface area contributed by atoms with Crippen molar-refractivity contribution in [3.63, 3.8) is 0 Å². The number of carbonyl (C=O) groups excluding carboxylic acids is 1. The second-order valence-electron chi connectivity index (χ2n) is 5.58. The average Bonchev–Trinajstić information content (AvgIpc) is 2.60. The van der Waals surface area contributed by atoms with Gasteiger partial charge in [-0.1, -0.05) is 23.7 Å². The van der Waals surface area contributed by atoms with E-state index in [4.69, 9.17) is 16.3 Å². The minimum atomic E-state index is -0.270. The van der Waals surface area contributed by atoms with Gasteiger partial charge in [-0.05, 0) is 42.8 Å². The van der Waals surface area contributed by atoms with Crippen LogP contribution >= 0.6 is 11.6 Å². The van der Waals surface area contributed by atoms with E-state index in [2.05, 4.69) is 10.6 Å².